The van der Waals surface area contributed by atoms with Crippen LogP contribution in [0.4, 0.5) is 0 Å². The summed E-state index contributed by atoms with van der Waals surface area (Å²) in [7, 11) is 1.33. The van der Waals surface area contributed by atoms with E-state index in [1.807, 2.05) is 0 Å². The summed E-state index contributed by atoms with van der Waals surface area (Å²) < 4.78 is 11.0. The smallest absolute Gasteiger partial charge is 0.337 e. The summed E-state index contributed by atoms with van der Waals surface area (Å²) in [5, 5.41) is 0.917. The Morgan fingerprint density at radius 2 is 1.91 bits per heavy atom. The first-order valence-corrected chi connectivity index (χ1v) is 7.68. The number of benzene rings is 2. The number of carbonyl (C=O) groups excluding carboxylic acids is 1. The van der Waals surface area contributed by atoms with Gasteiger partial charge in [-0.05, 0) is 46.3 Å². The van der Waals surface area contributed by atoms with Crippen molar-refractivity contribution < 1.29 is 13.9 Å². The number of nitrogens with zero attached hydrogens (tertiary/aromatic N) is 1. The van der Waals surface area contributed by atoms with E-state index in [0.29, 0.717) is 42.6 Å². The molecule has 0 atom stereocenters. The highest BCUT2D eigenvalue weighted by Gasteiger charge is 2.14. The number of halogens is 3. The average Bonchev–Trinajstić information content (AvgIpc) is 2.94. The van der Waals surface area contributed by atoms with Crippen molar-refractivity contribution in [2.45, 2.75) is 0 Å². The fourth-order valence-corrected chi connectivity index (χ4v) is 2.69. The molecule has 0 spiro atoms. The summed E-state index contributed by atoms with van der Waals surface area (Å²) in [5.74, 6) is -0.0607. The molecule has 7 heteroatoms. The second-order valence-corrected chi connectivity index (χ2v) is 6.05. The summed E-state index contributed by atoms with van der Waals surface area (Å²) >= 11 is 15.5. The Labute approximate surface area is 144 Å². The van der Waals surface area contributed by atoms with Gasteiger partial charge >= 0.3 is 5.97 Å². The molecule has 4 nitrogen and oxygen atoms in total. The molecule has 0 aliphatic carbocycles. The first-order chi connectivity index (χ1) is 10.5. The van der Waals surface area contributed by atoms with E-state index < -0.39 is 5.97 Å². The van der Waals surface area contributed by atoms with Crippen molar-refractivity contribution in [1.29, 1.82) is 0 Å². The molecule has 0 N–H and O–H groups in total. The number of aromatic nitrogens is 1. The molecule has 0 unspecified atom stereocenters. The molecular weight excluding hydrogens is 393 g/mol. The van der Waals surface area contributed by atoms with Gasteiger partial charge < -0.3 is 9.15 Å². The number of esters is 1. The average molecular weight is 401 g/mol. The molecule has 0 fully saturated rings. The van der Waals surface area contributed by atoms with Crippen molar-refractivity contribution in [3.8, 4) is 11.5 Å². The highest BCUT2D eigenvalue weighted by atomic mass is 79.9. The van der Waals surface area contributed by atoms with Crippen LogP contribution in [0, 0.1) is 0 Å². The maximum atomic E-state index is 11.5. The molecule has 0 radical (unpaired) electrons. The molecule has 0 aliphatic rings. The Morgan fingerprint density at radius 1 is 1.23 bits per heavy atom. The fourth-order valence-electron chi connectivity index (χ4n) is 1.97. The van der Waals surface area contributed by atoms with Crippen LogP contribution < -0.4 is 0 Å². The van der Waals surface area contributed by atoms with Crippen LogP contribution in [0.15, 0.2) is 39.2 Å². The molecule has 2 aromatic carbocycles. The molecule has 1 aromatic heterocycles. The molecule has 0 bridgehead atoms. The topological polar surface area (TPSA) is 52.3 Å². The molecule has 3 aromatic rings. The standard InChI is InChI=1S/C15H8BrCl2NO3/c1-21-15(20)7-2-3-12-11(6-7)19-14(22-12)8-4-9(17)13(16)10(18)5-8/h2-6H,1H3. The molecule has 0 saturated carbocycles. The van der Waals surface area contributed by atoms with Crippen LogP contribution in [0.1, 0.15) is 10.4 Å². The molecule has 1 heterocycles. The van der Waals surface area contributed by atoms with Crippen molar-refractivity contribution in [3.63, 3.8) is 0 Å². The molecule has 22 heavy (non-hydrogen) atoms. The predicted octanol–water partition coefficient (Wildman–Crippen LogP) is 5.35. The van der Waals surface area contributed by atoms with Gasteiger partial charge in [-0.15, -0.1) is 0 Å². The quantitative estimate of drug-likeness (QED) is 0.429. The lowest BCUT2D eigenvalue weighted by Crippen LogP contribution is -2.00. The van der Waals surface area contributed by atoms with Gasteiger partial charge in [0.05, 0.1) is 27.2 Å². The Balaban J connectivity index is 2.11. The summed E-state index contributed by atoms with van der Waals surface area (Å²) in [4.78, 5) is 15.9. The van der Waals surface area contributed by atoms with Crippen LogP contribution in [0.2, 0.25) is 10.0 Å². The first-order valence-electron chi connectivity index (χ1n) is 6.13. The number of ether oxygens (including phenoxy) is 1. The monoisotopic (exact) mass is 399 g/mol. The minimum atomic E-state index is -0.429. The van der Waals surface area contributed by atoms with Gasteiger partial charge in [-0.1, -0.05) is 23.2 Å². The highest BCUT2D eigenvalue weighted by molar-refractivity contribution is 9.10. The zero-order valence-corrected chi connectivity index (χ0v) is 14.3. The number of hydrogen-bond acceptors (Lipinski definition) is 4. The van der Waals surface area contributed by atoms with E-state index in [1.54, 1.807) is 30.3 Å². The van der Waals surface area contributed by atoms with Gasteiger partial charge in [0, 0.05) is 5.56 Å². The second-order valence-electron chi connectivity index (χ2n) is 4.45. The third kappa shape index (κ3) is 2.72. The van der Waals surface area contributed by atoms with Crippen molar-refractivity contribution in [1.82, 2.24) is 4.98 Å². The molecule has 0 aliphatic heterocycles. The highest BCUT2D eigenvalue weighted by Crippen LogP contribution is 2.36. The van der Waals surface area contributed by atoms with E-state index in [1.165, 1.54) is 7.11 Å². The summed E-state index contributed by atoms with van der Waals surface area (Å²) in [6, 6.07) is 8.29. The van der Waals surface area contributed by atoms with Gasteiger partial charge in [0.2, 0.25) is 5.89 Å². The molecule has 112 valence electrons. The number of hydrogen-bond donors (Lipinski definition) is 0. The van der Waals surface area contributed by atoms with E-state index in [4.69, 9.17) is 27.6 Å². The van der Waals surface area contributed by atoms with Gasteiger partial charge in [-0.25, -0.2) is 9.78 Å². The van der Waals surface area contributed by atoms with Crippen LogP contribution in [0.3, 0.4) is 0 Å². The number of rotatable bonds is 2. The van der Waals surface area contributed by atoms with Crippen molar-refractivity contribution >= 4 is 56.2 Å². The maximum Gasteiger partial charge on any atom is 0.337 e. The summed E-state index contributed by atoms with van der Waals surface area (Å²) in [5.41, 5.74) is 2.15. The number of oxazole rings is 1. The van der Waals surface area contributed by atoms with E-state index in [9.17, 15) is 4.79 Å². The minimum Gasteiger partial charge on any atom is -0.465 e. The zero-order chi connectivity index (χ0) is 15.9. The van der Waals surface area contributed by atoms with Crippen LogP contribution in [0.5, 0.6) is 0 Å². The normalized spacial score (nSPS) is 10.9. The Hall–Kier alpha value is -1.56. The maximum absolute atomic E-state index is 11.5. The van der Waals surface area contributed by atoms with Crippen molar-refractivity contribution in [2.75, 3.05) is 7.11 Å². The van der Waals surface area contributed by atoms with Gasteiger partial charge in [-0.2, -0.15) is 0 Å². The first kappa shape index (κ1) is 15.3. The van der Waals surface area contributed by atoms with Gasteiger partial charge in [0.1, 0.15) is 5.52 Å². The number of fused-ring (bicyclic) bond motifs is 1. The largest absolute Gasteiger partial charge is 0.465 e. The van der Waals surface area contributed by atoms with E-state index >= 15 is 0 Å². The molecular formula is C15H8BrCl2NO3. The molecule has 3 rings (SSSR count). The number of carbonyl (C=O) groups is 1. The predicted molar refractivity (Wildman–Crippen MR) is 88.5 cm³/mol. The van der Waals surface area contributed by atoms with Gasteiger partial charge in [0.15, 0.2) is 5.58 Å². The molecule has 0 amide bonds. The van der Waals surface area contributed by atoms with Crippen molar-refractivity contribution in [3.05, 3.63) is 50.4 Å². The SMILES string of the molecule is COC(=O)c1ccc2oc(-c3cc(Cl)c(Br)c(Cl)c3)nc2c1. The lowest BCUT2D eigenvalue weighted by atomic mass is 10.2. The Kier molecular flexibility index (Phi) is 4.12. The van der Waals surface area contributed by atoms with E-state index in [2.05, 4.69) is 25.7 Å². The van der Waals surface area contributed by atoms with Crippen LogP contribution in [0.25, 0.3) is 22.6 Å². The lowest BCUT2D eigenvalue weighted by molar-refractivity contribution is 0.0601. The third-order valence-electron chi connectivity index (χ3n) is 3.04. The van der Waals surface area contributed by atoms with Crippen molar-refractivity contribution in [2.24, 2.45) is 0 Å². The second kappa shape index (κ2) is 5.91. The number of methoxy groups -OCH3 is 1. The third-order valence-corrected chi connectivity index (χ3v) is 4.95. The lowest BCUT2D eigenvalue weighted by Gasteiger charge is -2.01. The van der Waals surface area contributed by atoms with Gasteiger partial charge in [0.25, 0.3) is 0 Å². The summed E-state index contributed by atoms with van der Waals surface area (Å²) in [6.07, 6.45) is 0. The minimum absolute atomic E-state index is 0.369. The fraction of sp³-hybridized carbons (Fsp3) is 0.0667. The van der Waals surface area contributed by atoms with Crippen LogP contribution >= 0.6 is 39.1 Å². The Morgan fingerprint density at radius 3 is 2.55 bits per heavy atom. The Bertz CT molecular complexity index is 869. The van der Waals surface area contributed by atoms with Gasteiger partial charge in [-0.3, -0.25) is 0 Å². The summed E-state index contributed by atoms with van der Waals surface area (Å²) in [6.45, 7) is 0. The van der Waals surface area contributed by atoms with E-state index in [-0.39, 0.29) is 0 Å². The zero-order valence-electron chi connectivity index (χ0n) is 11.2. The van der Waals surface area contributed by atoms with E-state index in [0.717, 1.165) is 0 Å². The molecule has 0 saturated heterocycles. The van der Waals surface area contributed by atoms with Crippen LogP contribution in [-0.4, -0.2) is 18.1 Å². The van der Waals surface area contributed by atoms with Crippen LogP contribution in [-0.2, 0) is 4.74 Å².